The van der Waals surface area contributed by atoms with E-state index in [1.165, 1.54) is 0 Å². The molecule has 0 fully saturated rings. The molecule has 0 saturated heterocycles. The number of nitrogens with zero attached hydrogens (tertiary/aromatic N) is 3. The number of aromatic nitrogens is 2. The van der Waals surface area contributed by atoms with Gasteiger partial charge in [-0.15, -0.1) is 0 Å². The van der Waals surface area contributed by atoms with Crippen LogP contribution >= 0.6 is 0 Å². The Morgan fingerprint density at radius 1 is 1.54 bits per heavy atom. The lowest BCUT2D eigenvalue weighted by Crippen LogP contribution is -2.36. The van der Waals surface area contributed by atoms with Crippen molar-refractivity contribution >= 4 is 5.95 Å². The van der Waals surface area contributed by atoms with Crippen LogP contribution in [0.4, 0.5) is 10.3 Å². The fourth-order valence-corrected chi connectivity index (χ4v) is 0.843. The molecule has 5 heteroatoms. The maximum Gasteiger partial charge on any atom is 0.225 e. The van der Waals surface area contributed by atoms with Gasteiger partial charge in [0, 0.05) is 19.6 Å². The topological polar surface area (TPSA) is 55.0 Å². The molecule has 1 aromatic rings. The Morgan fingerprint density at radius 3 is 2.54 bits per heavy atom. The maximum absolute atomic E-state index is 12.5. The van der Waals surface area contributed by atoms with Gasteiger partial charge in [-0.2, -0.15) is 0 Å². The summed E-state index contributed by atoms with van der Waals surface area (Å²) < 4.78 is 12.5. The molecule has 0 aliphatic carbocycles. The number of halogens is 1. The number of hydrogen-bond acceptors (Lipinski definition) is 4. The lowest BCUT2D eigenvalue weighted by Gasteiger charge is -2.22. The quantitative estimate of drug-likeness (QED) is 0.738. The highest BCUT2D eigenvalue weighted by Crippen LogP contribution is 2.06. The van der Waals surface area contributed by atoms with Crippen LogP contribution in [0, 0.1) is 5.82 Å². The molecule has 0 aliphatic heterocycles. The zero-order chi connectivity index (χ0) is 9.84. The summed E-state index contributed by atoms with van der Waals surface area (Å²) in [5.74, 6) is 0.0527. The molecule has 0 aliphatic rings. The Morgan fingerprint density at radius 2 is 2.08 bits per heavy atom. The van der Waals surface area contributed by atoms with E-state index in [0.29, 0.717) is 12.5 Å². The summed E-state index contributed by atoms with van der Waals surface area (Å²) in [7, 11) is 1.82. The van der Waals surface area contributed by atoms with Gasteiger partial charge in [0.15, 0.2) is 5.82 Å². The molecule has 1 aromatic heterocycles. The number of anilines is 1. The molecular weight excluding hydrogens is 171 g/mol. The van der Waals surface area contributed by atoms with E-state index in [-0.39, 0.29) is 6.04 Å². The fraction of sp³-hybridized carbons (Fsp3) is 0.500. The molecule has 13 heavy (non-hydrogen) atoms. The predicted octanol–water partition coefficient (Wildman–Crippen LogP) is 0.399. The highest BCUT2D eigenvalue weighted by Gasteiger charge is 2.09. The predicted molar refractivity (Wildman–Crippen MR) is 48.9 cm³/mol. The van der Waals surface area contributed by atoms with Crippen LogP contribution in [0.5, 0.6) is 0 Å². The summed E-state index contributed by atoms with van der Waals surface area (Å²) in [5.41, 5.74) is 5.47. The standard InChI is InChI=1S/C8H13FN4/c1-6(3-10)13(2)8-11-4-7(9)5-12-8/h4-6H,3,10H2,1-2H3. The van der Waals surface area contributed by atoms with E-state index in [0.717, 1.165) is 12.4 Å². The van der Waals surface area contributed by atoms with Crippen molar-refractivity contribution in [2.45, 2.75) is 13.0 Å². The summed E-state index contributed by atoms with van der Waals surface area (Å²) in [6.07, 6.45) is 2.28. The number of nitrogens with two attached hydrogens (primary N) is 1. The molecule has 0 bridgehead atoms. The van der Waals surface area contributed by atoms with Crippen LogP contribution in [0.3, 0.4) is 0 Å². The second kappa shape index (κ2) is 4.13. The minimum atomic E-state index is -0.433. The zero-order valence-electron chi connectivity index (χ0n) is 7.74. The summed E-state index contributed by atoms with van der Waals surface area (Å²) in [6.45, 7) is 2.46. The molecule has 1 atom stereocenters. The molecule has 0 spiro atoms. The minimum absolute atomic E-state index is 0.144. The van der Waals surface area contributed by atoms with E-state index in [1.807, 2.05) is 14.0 Å². The van der Waals surface area contributed by atoms with Crippen LogP contribution in [0.2, 0.25) is 0 Å². The number of likely N-dealkylation sites (N-methyl/N-ethyl adjacent to an activating group) is 1. The number of rotatable bonds is 3. The first kappa shape index (κ1) is 9.85. The van der Waals surface area contributed by atoms with E-state index in [4.69, 9.17) is 5.73 Å². The SMILES string of the molecule is CC(CN)N(C)c1ncc(F)cn1. The van der Waals surface area contributed by atoms with Crippen molar-refractivity contribution in [1.82, 2.24) is 9.97 Å². The van der Waals surface area contributed by atoms with Gasteiger partial charge in [-0.3, -0.25) is 0 Å². The Labute approximate surface area is 76.6 Å². The van der Waals surface area contributed by atoms with Gasteiger partial charge in [0.25, 0.3) is 0 Å². The van der Waals surface area contributed by atoms with Gasteiger partial charge in [-0.1, -0.05) is 0 Å². The molecule has 0 saturated carbocycles. The van der Waals surface area contributed by atoms with Crippen LogP contribution in [-0.4, -0.2) is 29.6 Å². The van der Waals surface area contributed by atoms with Crippen molar-refractivity contribution in [3.05, 3.63) is 18.2 Å². The van der Waals surface area contributed by atoms with Gasteiger partial charge in [0.2, 0.25) is 5.95 Å². The van der Waals surface area contributed by atoms with E-state index in [9.17, 15) is 4.39 Å². The third-order valence-corrected chi connectivity index (χ3v) is 1.92. The summed E-state index contributed by atoms with van der Waals surface area (Å²) in [6, 6.07) is 0.144. The lowest BCUT2D eigenvalue weighted by atomic mass is 10.3. The fourth-order valence-electron chi connectivity index (χ4n) is 0.843. The van der Waals surface area contributed by atoms with Crippen molar-refractivity contribution in [3.8, 4) is 0 Å². The normalized spacial score (nSPS) is 12.6. The van der Waals surface area contributed by atoms with Gasteiger partial charge in [-0.05, 0) is 6.92 Å². The average molecular weight is 184 g/mol. The van der Waals surface area contributed by atoms with Gasteiger partial charge < -0.3 is 10.6 Å². The van der Waals surface area contributed by atoms with Crippen molar-refractivity contribution in [1.29, 1.82) is 0 Å². The van der Waals surface area contributed by atoms with Crippen molar-refractivity contribution in [2.24, 2.45) is 5.73 Å². The Hall–Kier alpha value is -1.23. The third-order valence-electron chi connectivity index (χ3n) is 1.92. The highest BCUT2D eigenvalue weighted by molar-refractivity contribution is 5.28. The summed E-state index contributed by atoms with van der Waals surface area (Å²) >= 11 is 0. The van der Waals surface area contributed by atoms with Gasteiger partial charge in [-0.25, -0.2) is 14.4 Å². The first-order valence-electron chi connectivity index (χ1n) is 4.05. The van der Waals surface area contributed by atoms with Crippen molar-refractivity contribution in [2.75, 3.05) is 18.5 Å². The van der Waals surface area contributed by atoms with Gasteiger partial charge in [0.05, 0.1) is 12.4 Å². The Balaban J connectivity index is 2.77. The molecule has 1 heterocycles. The van der Waals surface area contributed by atoms with Crippen LogP contribution in [0.25, 0.3) is 0 Å². The molecule has 2 N–H and O–H groups in total. The van der Waals surface area contributed by atoms with E-state index < -0.39 is 5.82 Å². The smallest absolute Gasteiger partial charge is 0.225 e. The molecule has 72 valence electrons. The molecule has 1 unspecified atom stereocenters. The zero-order valence-corrected chi connectivity index (χ0v) is 7.74. The molecule has 1 rings (SSSR count). The monoisotopic (exact) mass is 184 g/mol. The van der Waals surface area contributed by atoms with E-state index >= 15 is 0 Å². The molecule has 0 radical (unpaired) electrons. The van der Waals surface area contributed by atoms with Crippen LogP contribution in [0.1, 0.15) is 6.92 Å². The molecule has 4 nitrogen and oxygen atoms in total. The molecule has 0 aromatic carbocycles. The summed E-state index contributed by atoms with van der Waals surface area (Å²) in [5, 5.41) is 0. The first-order chi connectivity index (χ1) is 6.15. The maximum atomic E-state index is 12.5. The highest BCUT2D eigenvalue weighted by atomic mass is 19.1. The average Bonchev–Trinajstić information content (AvgIpc) is 2.17. The second-order valence-electron chi connectivity index (χ2n) is 2.90. The van der Waals surface area contributed by atoms with E-state index in [1.54, 1.807) is 4.90 Å². The van der Waals surface area contributed by atoms with Crippen LogP contribution in [0.15, 0.2) is 12.4 Å². The summed E-state index contributed by atoms with van der Waals surface area (Å²) in [4.78, 5) is 9.47. The second-order valence-corrected chi connectivity index (χ2v) is 2.90. The van der Waals surface area contributed by atoms with Gasteiger partial charge in [0.1, 0.15) is 0 Å². The number of hydrogen-bond donors (Lipinski definition) is 1. The van der Waals surface area contributed by atoms with E-state index in [2.05, 4.69) is 9.97 Å². The minimum Gasteiger partial charge on any atom is -0.340 e. The Bertz CT molecular complexity index is 261. The van der Waals surface area contributed by atoms with Crippen LogP contribution in [-0.2, 0) is 0 Å². The van der Waals surface area contributed by atoms with Crippen molar-refractivity contribution in [3.63, 3.8) is 0 Å². The lowest BCUT2D eigenvalue weighted by molar-refractivity contribution is 0.607. The third kappa shape index (κ3) is 2.35. The van der Waals surface area contributed by atoms with Crippen molar-refractivity contribution < 1.29 is 4.39 Å². The largest absolute Gasteiger partial charge is 0.340 e. The first-order valence-corrected chi connectivity index (χ1v) is 4.05. The van der Waals surface area contributed by atoms with Gasteiger partial charge >= 0.3 is 0 Å². The molecular formula is C8H13FN4. The molecule has 0 amide bonds. The Kier molecular flexibility index (Phi) is 3.13. The van der Waals surface area contributed by atoms with Crippen LogP contribution < -0.4 is 10.6 Å².